The van der Waals surface area contributed by atoms with Crippen LogP contribution in [0.4, 0.5) is 0 Å². The van der Waals surface area contributed by atoms with Gasteiger partial charge in [0, 0.05) is 11.6 Å². The van der Waals surface area contributed by atoms with Gasteiger partial charge in [-0.1, -0.05) is 35.9 Å². The van der Waals surface area contributed by atoms with Gasteiger partial charge >= 0.3 is 0 Å². The molecular formula is C25H27BrClNO3. The maximum atomic E-state index is 6.07. The Labute approximate surface area is 197 Å². The second-order valence-electron chi connectivity index (χ2n) is 7.03. The van der Waals surface area contributed by atoms with Gasteiger partial charge in [0.15, 0.2) is 11.5 Å². The van der Waals surface area contributed by atoms with Crippen molar-refractivity contribution < 1.29 is 14.2 Å². The SMILES string of the molecule is CCOc1cc(CNCCc2ccc(OC)cc2)cc(Br)c1OCc1cccc(Cl)c1. The first-order valence-electron chi connectivity index (χ1n) is 10.2. The molecule has 0 unspecified atom stereocenters. The van der Waals surface area contributed by atoms with E-state index in [9.17, 15) is 0 Å². The second-order valence-corrected chi connectivity index (χ2v) is 8.32. The first-order valence-corrected chi connectivity index (χ1v) is 11.4. The van der Waals surface area contributed by atoms with E-state index in [0.717, 1.165) is 46.6 Å². The normalized spacial score (nSPS) is 10.7. The van der Waals surface area contributed by atoms with Crippen molar-refractivity contribution in [3.05, 3.63) is 86.8 Å². The highest BCUT2D eigenvalue weighted by molar-refractivity contribution is 9.10. The molecule has 31 heavy (non-hydrogen) atoms. The Bertz CT molecular complexity index is 979. The third-order valence-electron chi connectivity index (χ3n) is 4.72. The molecule has 3 aromatic rings. The molecule has 164 valence electrons. The number of ether oxygens (including phenoxy) is 3. The van der Waals surface area contributed by atoms with Gasteiger partial charge in [0.2, 0.25) is 0 Å². The smallest absolute Gasteiger partial charge is 0.175 e. The Morgan fingerprint density at radius 3 is 2.45 bits per heavy atom. The van der Waals surface area contributed by atoms with Crippen LogP contribution in [0.25, 0.3) is 0 Å². The minimum Gasteiger partial charge on any atom is -0.497 e. The summed E-state index contributed by atoms with van der Waals surface area (Å²) >= 11 is 9.72. The summed E-state index contributed by atoms with van der Waals surface area (Å²) in [4.78, 5) is 0. The fraction of sp³-hybridized carbons (Fsp3) is 0.280. The molecule has 0 amide bonds. The lowest BCUT2D eigenvalue weighted by Gasteiger charge is -2.16. The van der Waals surface area contributed by atoms with Crippen molar-refractivity contribution in [2.45, 2.75) is 26.5 Å². The maximum Gasteiger partial charge on any atom is 0.175 e. The van der Waals surface area contributed by atoms with Crippen molar-refractivity contribution in [2.75, 3.05) is 20.3 Å². The number of nitrogens with one attached hydrogen (secondary N) is 1. The summed E-state index contributed by atoms with van der Waals surface area (Å²) < 4.78 is 18.0. The first kappa shape index (κ1) is 23.5. The van der Waals surface area contributed by atoms with Gasteiger partial charge in [-0.05, 0) is 88.9 Å². The average Bonchev–Trinajstić information content (AvgIpc) is 2.77. The second kappa shape index (κ2) is 12.0. The number of hydrogen-bond acceptors (Lipinski definition) is 4. The molecule has 3 aromatic carbocycles. The van der Waals surface area contributed by atoms with E-state index in [4.69, 9.17) is 25.8 Å². The van der Waals surface area contributed by atoms with E-state index in [1.807, 2.05) is 49.4 Å². The first-order chi connectivity index (χ1) is 15.1. The lowest BCUT2D eigenvalue weighted by Crippen LogP contribution is -2.17. The minimum absolute atomic E-state index is 0.415. The van der Waals surface area contributed by atoms with E-state index in [2.05, 4.69) is 39.4 Å². The fourth-order valence-electron chi connectivity index (χ4n) is 3.17. The van der Waals surface area contributed by atoms with Gasteiger partial charge in [-0.2, -0.15) is 0 Å². The predicted molar refractivity (Wildman–Crippen MR) is 129 cm³/mol. The summed E-state index contributed by atoms with van der Waals surface area (Å²) in [6.07, 6.45) is 0.949. The largest absolute Gasteiger partial charge is 0.497 e. The average molecular weight is 505 g/mol. The standard InChI is InChI=1S/C25H27BrClNO3/c1-3-30-24-15-20(16-28-12-11-18-7-9-22(29-2)10-8-18)14-23(26)25(24)31-17-19-5-4-6-21(27)13-19/h4-10,13-15,28H,3,11-12,16-17H2,1-2H3. The van der Waals surface area contributed by atoms with E-state index in [-0.39, 0.29) is 0 Å². The minimum atomic E-state index is 0.415. The molecular weight excluding hydrogens is 478 g/mol. The van der Waals surface area contributed by atoms with E-state index in [1.54, 1.807) is 7.11 Å². The highest BCUT2D eigenvalue weighted by Crippen LogP contribution is 2.37. The molecule has 0 aliphatic rings. The van der Waals surface area contributed by atoms with E-state index >= 15 is 0 Å². The van der Waals surface area contributed by atoms with Crippen molar-refractivity contribution in [2.24, 2.45) is 0 Å². The van der Waals surface area contributed by atoms with Gasteiger partial charge in [-0.15, -0.1) is 0 Å². The maximum absolute atomic E-state index is 6.07. The van der Waals surface area contributed by atoms with Crippen LogP contribution in [-0.4, -0.2) is 20.3 Å². The van der Waals surface area contributed by atoms with Crippen LogP contribution in [0.3, 0.4) is 0 Å². The zero-order valence-corrected chi connectivity index (χ0v) is 20.1. The van der Waals surface area contributed by atoms with Crippen LogP contribution in [0.5, 0.6) is 17.2 Å². The molecule has 0 saturated carbocycles. The molecule has 0 spiro atoms. The van der Waals surface area contributed by atoms with Crippen LogP contribution < -0.4 is 19.5 Å². The molecule has 0 saturated heterocycles. The molecule has 0 aliphatic carbocycles. The molecule has 0 bridgehead atoms. The number of halogens is 2. The number of rotatable bonds is 11. The molecule has 0 radical (unpaired) electrons. The summed E-state index contributed by atoms with van der Waals surface area (Å²) in [6, 6.07) is 19.9. The van der Waals surface area contributed by atoms with Gasteiger partial charge in [0.25, 0.3) is 0 Å². The van der Waals surface area contributed by atoms with Crippen molar-refractivity contribution >= 4 is 27.5 Å². The molecule has 0 fully saturated rings. The zero-order valence-electron chi connectivity index (χ0n) is 17.8. The van der Waals surface area contributed by atoms with E-state index < -0.39 is 0 Å². The molecule has 0 aromatic heterocycles. The number of hydrogen-bond donors (Lipinski definition) is 1. The summed E-state index contributed by atoms with van der Waals surface area (Å²) in [6.45, 7) is 4.56. The third-order valence-corrected chi connectivity index (χ3v) is 5.54. The predicted octanol–water partition coefficient (Wildman–Crippen LogP) is 6.42. The lowest BCUT2D eigenvalue weighted by molar-refractivity contribution is 0.267. The van der Waals surface area contributed by atoms with E-state index in [0.29, 0.717) is 24.0 Å². The number of benzene rings is 3. The Morgan fingerprint density at radius 1 is 0.935 bits per heavy atom. The van der Waals surface area contributed by atoms with Crippen molar-refractivity contribution in [3.8, 4) is 17.2 Å². The Morgan fingerprint density at radius 2 is 1.74 bits per heavy atom. The van der Waals surface area contributed by atoms with Crippen LogP contribution in [0.1, 0.15) is 23.6 Å². The Balaban J connectivity index is 1.59. The Hall–Kier alpha value is -2.21. The molecule has 0 aliphatic heterocycles. The van der Waals surface area contributed by atoms with Gasteiger partial charge in [0.05, 0.1) is 18.2 Å². The highest BCUT2D eigenvalue weighted by Gasteiger charge is 2.13. The van der Waals surface area contributed by atoms with Gasteiger partial charge in [-0.25, -0.2) is 0 Å². The van der Waals surface area contributed by atoms with Crippen LogP contribution in [-0.2, 0) is 19.6 Å². The highest BCUT2D eigenvalue weighted by atomic mass is 79.9. The van der Waals surface area contributed by atoms with Crippen LogP contribution >= 0.6 is 27.5 Å². The summed E-state index contributed by atoms with van der Waals surface area (Å²) in [5.41, 5.74) is 3.40. The Kier molecular flexibility index (Phi) is 9.07. The van der Waals surface area contributed by atoms with E-state index in [1.165, 1.54) is 5.56 Å². The van der Waals surface area contributed by atoms with Crippen molar-refractivity contribution in [3.63, 3.8) is 0 Å². The third kappa shape index (κ3) is 7.17. The van der Waals surface area contributed by atoms with Crippen LogP contribution in [0.15, 0.2) is 65.1 Å². The molecule has 1 N–H and O–H groups in total. The molecule has 4 nitrogen and oxygen atoms in total. The van der Waals surface area contributed by atoms with Crippen molar-refractivity contribution in [1.82, 2.24) is 5.32 Å². The monoisotopic (exact) mass is 503 g/mol. The fourth-order valence-corrected chi connectivity index (χ4v) is 3.98. The number of methoxy groups -OCH3 is 1. The lowest BCUT2D eigenvalue weighted by atomic mass is 10.1. The van der Waals surface area contributed by atoms with Gasteiger partial charge in [-0.3, -0.25) is 0 Å². The van der Waals surface area contributed by atoms with Gasteiger partial charge < -0.3 is 19.5 Å². The topological polar surface area (TPSA) is 39.7 Å². The molecule has 3 rings (SSSR count). The molecule has 6 heteroatoms. The van der Waals surface area contributed by atoms with Crippen LogP contribution in [0, 0.1) is 0 Å². The van der Waals surface area contributed by atoms with Crippen LogP contribution in [0.2, 0.25) is 5.02 Å². The quantitative estimate of drug-likeness (QED) is 0.306. The molecule has 0 heterocycles. The zero-order chi connectivity index (χ0) is 22.1. The summed E-state index contributed by atoms with van der Waals surface area (Å²) in [5.74, 6) is 2.30. The summed E-state index contributed by atoms with van der Waals surface area (Å²) in [5, 5.41) is 4.19. The molecule has 0 atom stereocenters. The van der Waals surface area contributed by atoms with Crippen molar-refractivity contribution in [1.29, 1.82) is 0 Å². The summed E-state index contributed by atoms with van der Waals surface area (Å²) in [7, 11) is 1.68. The van der Waals surface area contributed by atoms with Gasteiger partial charge in [0.1, 0.15) is 12.4 Å².